The first-order chi connectivity index (χ1) is 20.9. The van der Waals surface area contributed by atoms with Gasteiger partial charge in [-0.3, -0.25) is 14.7 Å². The quantitative estimate of drug-likeness (QED) is 0.194. The fourth-order valence-corrected chi connectivity index (χ4v) is 6.12. The second-order valence-corrected chi connectivity index (χ2v) is 12.6. The highest BCUT2D eigenvalue weighted by atomic mass is 32.1. The van der Waals surface area contributed by atoms with Crippen molar-refractivity contribution in [1.82, 2.24) is 29.7 Å². The highest BCUT2D eigenvalue weighted by molar-refractivity contribution is 7.14. The van der Waals surface area contributed by atoms with E-state index in [2.05, 4.69) is 76.0 Å². The van der Waals surface area contributed by atoms with Gasteiger partial charge in [-0.2, -0.15) is 0 Å². The Kier molecular flexibility index (Phi) is 8.79. The van der Waals surface area contributed by atoms with Crippen molar-refractivity contribution in [1.29, 1.82) is 0 Å². The van der Waals surface area contributed by atoms with Gasteiger partial charge in [0.1, 0.15) is 10.8 Å². The Labute approximate surface area is 257 Å². The van der Waals surface area contributed by atoms with Crippen molar-refractivity contribution < 1.29 is 4.79 Å². The molecule has 218 valence electrons. The van der Waals surface area contributed by atoms with Crippen LogP contribution in [0.5, 0.6) is 0 Å². The van der Waals surface area contributed by atoms with E-state index in [9.17, 15) is 4.79 Å². The van der Waals surface area contributed by atoms with Crippen LogP contribution in [0.2, 0.25) is 0 Å². The maximum absolute atomic E-state index is 13.2. The van der Waals surface area contributed by atoms with Gasteiger partial charge in [0.25, 0.3) is 0 Å². The van der Waals surface area contributed by atoms with Crippen LogP contribution in [-0.2, 0) is 19.4 Å². The number of nitrogens with zero attached hydrogens (tertiary/aromatic N) is 6. The van der Waals surface area contributed by atoms with Crippen LogP contribution < -0.4 is 0 Å². The van der Waals surface area contributed by atoms with Gasteiger partial charge in [-0.1, -0.05) is 42.5 Å². The molecule has 1 aliphatic heterocycles. The van der Waals surface area contributed by atoms with Crippen molar-refractivity contribution >= 4 is 17.1 Å². The number of benzene rings is 2. The topological polar surface area (TPSA) is 75.1 Å². The maximum atomic E-state index is 13.2. The number of rotatable bonds is 9. The summed E-state index contributed by atoms with van der Waals surface area (Å²) in [4.78, 5) is 37.6. The minimum absolute atomic E-state index is 0.127. The van der Waals surface area contributed by atoms with Crippen LogP contribution in [0.25, 0.3) is 21.8 Å². The molecule has 0 aliphatic carbocycles. The van der Waals surface area contributed by atoms with Crippen LogP contribution in [-0.4, -0.2) is 68.7 Å². The fourth-order valence-electron chi connectivity index (χ4n) is 5.37. The third kappa shape index (κ3) is 7.28. The Morgan fingerprint density at radius 1 is 0.860 bits per heavy atom. The van der Waals surface area contributed by atoms with Gasteiger partial charge in [0, 0.05) is 91.9 Å². The number of pyridine rings is 1. The molecule has 0 bridgehead atoms. The van der Waals surface area contributed by atoms with Crippen LogP contribution in [0.3, 0.4) is 0 Å². The summed E-state index contributed by atoms with van der Waals surface area (Å²) in [5.74, 6) is 0.859. The van der Waals surface area contributed by atoms with E-state index in [1.807, 2.05) is 42.9 Å². The number of aryl methyl sites for hydroxylation is 2. The average molecular weight is 589 g/mol. The molecule has 0 saturated carbocycles. The number of piperazine rings is 1. The summed E-state index contributed by atoms with van der Waals surface area (Å²) < 4.78 is 0. The highest BCUT2D eigenvalue weighted by Gasteiger charge is 2.15. The molecule has 1 aliphatic rings. The predicted octanol–water partition coefficient (Wildman–Crippen LogP) is 6.04. The maximum Gasteiger partial charge on any atom is 0.167 e. The lowest BCUT2D eigenvalue weighted by Crippen LogP contribution is -2.43. The average Bonchev–Trinajstić information content (AvgIpc) is 3.47. The van der Waals surface area contributed by atoms with Crippen molar-refractivity contribution in [3.63, 3.8) is 0 Å². The molecule has 8 heteroatoms. The van der Waals surface area contributed by atoms with Gasteiger partial charge in [0.2, 0.25) is 0 Å². The molecular weight excluding hydrogens is 552 g/mol. The number of hydrogen-bond acceptors (Lipinski definition) is 8. The number of hydrogen-bond donors (Lipinski definition) is 0. The molecule has 2 aromatic carbocycles. The first-order valence-electron chi connectivity index (χ1n) is 14.7. The lowest BCUT2D eigenvalue weighted by atomic mass is 9.97. The first-order valence-corrected chi connectivity index (χ1v) is 15.5. The van der Waals surface area contributed by atoms with E-state index >= 15 is 0 Å². The third-order valence-electron chi connectivity index (χ3n) is 8.01. The standard InChI is InChI=1S/C35H36N6OS/c1-24-4-5-27(17-33(42)28-8-6-26(7-9-28)23-41-14-12-40(3)13-15-41)16-29(24)19-34-37-11-10-32(39-34)30-18-31(22-36-21-30)35-38-20-25(2)43-35/h4-11,16,18,20-22H,12-15,17,19,23H2,1-3H3. The van der Waals surface area contributed by atoms with E-state index in [1.165, 1.54) is 10.4 Å². The SMILES string of the molecule is Cc1cnc(-c2cncc(-c3ccnc(Cc4cc(CC(=O)c5ccc(CN6CCN(C)CC6)cc5)ccc4C)n3)c2)s1. The Balaban J connectivity index is 1.12. The molecule has 7 nitrogen and oxygen atoms in total. The van der Waals surface area contributed by atoms with Crippen molar-refractivity contribution in [3.05, 3.63) is 118 Å². The Hall–Kier alpha value is -4.11. The second kappa shape index (κ2) is 13.0. The van der Waals surface area contributed by atoms with E-state index in [4.69, 9.17) is 4.98 Å². The lowest BCUT2D eigenvalue weighted by Gasteiger charge is -2.32. The van der Waals surface area contributed by atoms with E-state index < -0.39 is 0 Å². The minimum atomic E-state index is 0.127. The van der Waals surface area contributed by atoms with Crippen molar-refractivity contribution in [2.75, 3.05) is 33.2 Å². The molecule has 4 heterocycles. The largest absolute Gasteiger partial charge is 0.304 e. The smallest absolute Gasteiger partial charge is 0.167 e. The normalized spacial score (nSPS) is 14.2. The second-order valence-electron chi connectivity index (χ2n) is 11.4. The number of likely N-dealkylation sites (N-methyl/N-ethyl adjacent to an activating group) is 1. The molecule has 6 rings (SSSR count). The number of aromatic nitrogens is 4. The first kappa shape index (κ1) is 29.0. The number of thiazole rings is 1. The zero-order valence-corrected chi connectivity index (χ0v) is 25.8. The molecular formula is C35H36N6OS. The van der Waals surface area contributed by atoms with Crippen LogP contribution in [0.1, 0.15) is 43.3 Å². The Morgan fingerprint density at radius 3 is 2.40 bits per heavy atom. The summed E-state index contributed by atoms with van der Waals surface area (Å²) in [6.45, 7) is 9.44. The van der Waals surface area contributed by atoms with Gasteiger partial charge < -0.3 is 4.90 Å². The predicted molar refractivity (Wildman–Crippen MR) is 172 cm³/mol. The van der Waals surface area contributed by atoms with E-state index in [-0.39, 0.29) is 5.78 Å². The molecule has 1 saturated heterocycles. The van der Waals surface area contributed by atoms with Gasteiger partial charge >= 0.3 is 0 Å². The summed E-state index contributed by atoms with van der Waals surface area (Å²) in [5, 5.41) is 0.949. The summed E-state index contributed by atoms with van der Waals surface area (Å²) in [5.41, 5.74) is 8.02. The molecule has 0 atom stereocenters. The van der Waals surface area contributed by atoms with Crippen LogP contribution in [0.15, 0.2) is 79.4 Å². The summed E-state index contributed by atoms with van der Waals surface area (Å²) >= 11 is 1.65. The van der Waals surface area contributed by atoms with E-state index in [0.29, 0.717) is 12.8 Å². The highest BCUT2D eigenvalue weighted by Crippen LogP contribution is 2.27. The zero-order valence-electron chi connectivity index (χ0n) is 25.0. The molecule has 3 aromatic heterocycles. The Morgan fingerprint density at radius 2 is 1.63 bits per heavy atom. The molecule has 0 spiro atoms. The van der Waals surface area contributed by atoms with Crippen molar-refractivity contribution in [2.45, 2.75) is 33.2 Å². The third-order valence-corrected chi connectivity index (χ3v) is 8.97. The van der Waals surface area contributed by atoms with Gasteiger partial charge in [0.15, 0.2) is 5.78 Å². The molecule has 1 fully saturated rings. The molecule has 0 amide bonds. The van der Waals surface area contributed by atoms with Gasteiger partial charge in [-0.05, 0) is 55.3 Å². The van der Waals surface area contributed by atoms with E-state index in [0.717, 1.165) is 82.6 Å². The summed E-state index contributed by atoms with van der Waals surface area (Å²) in [6, 6.07) is 18.4. The number of carbonyl (C=O) groups excluding carboxylic acids is 1. The van der Waals surface area contributed by atoms with Gasteiger partial charge in [0.05, 0.1) is 5.69 Å². The number of Topliss-reactive ketones (excluding diaryl/α,β-unsaturated/α-hetero) is 1. The number of ketones is 1. The minimum Gasteiger partial charge on any atom is -0.304 e. The number of carbonyl (C=O) groups is 1. The van der Waals surface area contributed by atoms with Crippen molar-refractivity contribution in [3.8, 4) is 21.8 Å². The van der Waals surface area contributed by atoms with Gasteiger partial charge in [-0.25, -0.2) is 15.0 Å². The molecule has 0 radical (unpaired) electrons. The molecule has 0 unspecified atom stereocenters. The zero-order chi connectivity index (χ0) is 29.8. The van der Waals surface area contributed by atoms with Gasteiger partial charge in [-0.15, -0.1) is 11.3 Å². The summed E-state index contributed by atoms with van der Waals surface area (Å²) in [6.07, 6.45) is 8.29. The van der Waals surface area contributed by atoms with Crippen LogP contribution >= 0.6 is 11.3 Å². The van der Waals surface area contributed by atoms with Crippen LogP contribution in [0, 0.1) is 13.8 Å². The Bertz CT molecular complexity index is 1720. The van der Waals surface area contributed by atoms with E-state index in [1.54, 1.807) is 17.5 Å². The monoisotopic (exact) mass is 588 g/mol. The molecule has 43 heavy (non-hydrogen) atoms. The van der Waals surface area contributed by atoms with Crippen LogP contribution in [0.4, 0.5) is 0 Å². The summed E-state index contributed by atoms with van der Waals surface area (Å²) in [7, 11) is 2.17. The molecule has 5 aromatic rings. The molecule has 0 N–H and O–H groups in total. The van der Waals surface area contributed by atoms with Crippen molar-refractivity contribution in [2.24, 2.45) is 0 Å². The fraction of sp³-hybridized carbons (Fsp3) is 0.286. The lowest BCUT2D eigenvalue weighted by molar-refractivity contribution is 0.0993.